The Labute approximate surface area is 124 Å². The second kappa shape index (κ2) is 6.76. The number of rotatable bonds is 6. The molecule has 1 atom stereocenters. The smallest absolute Gasteiger partial charge is 0.186 e. The molecule has 0 radical (unpaired) electrons. The van der Waals surface area contributed by atoms with Crippen molar-refractivity contribution in [3.8, 4) is 0 Å². The average Bonchev–Trinajstić information content (AvgIpc) is 2.79. The molecule has 0 fully saturated rings. The zero-order chi connectivity index (χ0) is 15.4. The third-order valence-corrected chi connectivity index (χ3v) is 4.01. The van der Waals surface area contributed by atoms with Gasteiger partial charge < -0.3 is 19.6 Å². The molecule has 0 spiro atoms. The minimum Gasteiger partial charge on any atom is -0.496 e. The lowest BCUT2D eigenvalue weighted by Gasteiger charge is -2.28. The highest BCUT2D eigenvalue weighted by atomic mass is 16.5. The molecular formula is C16H22N2O3. The summed E-state index contributed by atoms with van der Waals surface area (Å²) in [5.41, 5.74) is 0.826. The van der Waals surface area contributed by atoms with Crippen LogP contribution in [-0.2, 0) is 9.53 Å². The Morgan fingerprint density at radius 2 is 2.10 bits per heavy atom. The van der Waals surface area contributed by atoms with Crippen LogP contribution in [0.15, 0.2) is 18.2 Å². The summed E-state index contributed by atoms with van der Waals surface area (Å²) >= 11 is 0. The Bertz CT molecular complexity index is 633. The molecule has 5 nitrogen and oxygen atoms in total. The second-order valence-corrected chi connectivity index (χ2v) is 4.96. The first-order chi connectivity index (χ1) is 10.2. The SMILES string of the molecule is CCN(CC)CCN1c2cccc(=C=O)c2=C(OC)C1O. The van der Waals surface area contributed by atoms with E-state index in [1.807, 2.05) is 16.9 Å². The average molecular weight is 290 g/mol. The molecule has 2 rings (SSSR count). The summed E-state index contributed by atoms with van der Waals surface area (Å²) in [6.07, 6.45) is -0.852. The van der Waals surface area contributed by atoms with Crippen molar-refractivity contribution in [1.29, 1.82) is 0 Å². The molecule has 1 N–H and O–H groups in total. The van der Waals surface area contributed by atoms with Crippen molar-refractivity contribution in [2.24, 2.45) is 0 Å². The molecule has 1 aliphatic heterocycles. The van der Waals surface area contributed by atoms with Crippen LogP contribution in [0, 0.1) is 0 Å². The van der Waals surface area contributed by atoms with Crippen molar-refractivity contribution in [3.63, 3.8) is 0 Å². The van der Waals surface area contributed by atoms with Gasteiger partial charge in [0.1, 0.15) is 5.94 Å². The summed E-state index contributed by atoms with van der Waals surface area (Å²) in [4.78, 5) is 15.3. The van der Waals surface area contributed by atoms with Crippen molar-refractivity contribution in [1.82, 2.24) is 4.90 Å². The Balaban J connectivity index is 2.38. The summed E-state index contributed by atoms with van der Waals surface area (Å²) in [7, 11) is 1.51. The number of anilines is 1. The van der Waals surface area contributed by atoms with E-state index in [0.717, 1.165) is 25.3 Å². The van der Waals surface area contributed by atoms with Crippen LogP contribution >= 0.6 is 0 Å². The first-order valence-electron chi connectivity index (χ1n) is 7.27. The first-order valence-corrected chi connectivity index (χ1v) is 7.27. The molecule has 0 aromatic heterocycles. The van der Waals surface area contributed by atoms with Crippen LogP contribution in [0.4, 0.5) is 5.69 Å². The number of aliphatic hydroxyl groups is 1. The van der Waals surface area contributed by atoms with Crippen molar-refractivity contribution < 1.29 is 14.6 Å². The maximum atomic E-state index is 11.1. The van der Waals surface area contributed by atoms with E-state index < -0.39 is 6.23 Å². The predicted molar refractivity (Wildman–Crippen MR) is 82.0 cm³/mol. The highest BCUT2D eigenvalue weighted by Crippen LogP contribution is 2.22. The number of methoxy groups -OCH3 is 1. The highest BCUT2D eigenvalue weighted by Gasteiger charge is 2.30. The first kappa shape index (κ1) is 15.6. The normalized spacial score (nSPS) is 17.1. The number of carbonyl (C=O) groups excluding carboxylic acids is 1. The van der Waals surface area contributed by atoms with Gasteiger partial charge in [-0.1, -0.05) is 19.9 Å². The maximum Gasteiger partial charge on any atom is 0.186 e. The van der Waals surface area contributed by atoms with E-state index in [9.17, 15) is 9.90 Å². The van der Waals surface area contributed by atoms with Gasteiger partial charge in [0, 0.05) is 13.1 Å². The van der Waals surface area contributed by atoms with Gasteiger partial charge in [-0.2, -0.15) is 0 Å². The number of likely N-dealkylation sites (N-methyl/N-ethyl adjacent to an activating group) is 1. The molecule has 1 heterocycles. The van der Waals surface area contributed by atoms with Crippen molar-refractivity contribution in [2.45, 2.75) is 20.1 Å². The topological polar surface area (TPSA) is 53.0 Å². The van der Waals surface area contributed by atoms with Crippen molar-refractivity contribution in [3.05, 3.63) is 28.6 Å². The Kier molecular flexibility index (Phi) is 5.02. The van der Waals surface area contributed by atoms with Gasteiger partial charge in [-0.3, -0.25) is 0 Å². The molecule has 0 bridgehead atoms. The molecule has 114 valence electrons. The number of hydrogen-bond acceptors (Lipinski definition) is 5. The lowest BCUT2D eigenvalue weighted by atomic mass is 10.2. The van der Waals surface area contributed by atoms with Crippen LogP contribution < -0.4 is 15.3 Å². The third-order valence-electron chi connectivity index (χ3n) is 4.01. The zero-order valence-corrected chi connectivity index (χ0v) is 12.8. The zero-order valence-electron chi connectivity index (χ0n) is 12.8. The number of fused-ring (bicyclic) bond motifs is 1. The van der Waals surface area contributed by atoms with Crippen molar-refractivity contribution in [2.75, 3.05) is 38.2 Å². The lowest BCUT2D eigenvalue weighted by molar-refractivity contribution is 0.174. The van der Waals surface area contributed by atoms with E-state index in [-0.39, 0.29) is 0 Å². The third kappa shape index (κ3) is 2.81. The molecule has 0 amide bonds. The number of hydrogen-bond donors (Lipinski definition) is 1. The molecule has 1 aromatic carbocycles. The van der Waals surface area contributed by atoms with Gasteiger partial charge in [0.2, 0.25) is 0 Å². The van der Waals surface area contributed by atoms with Crippen LogP contribution in [0.1, 0.15) is 13.8 Å². The molecule has 0 aliphatic carbocycles. The molecule has 0 saturated heterocycles. The van der Waals surface area contributed by atoms with Crippen LogP contribution in [0.3, 0.4) is 0 Å². The summed E-state index contributed by atoms with van der Waals surface area (Å²) in [6, 6.07) is 5.38. The van der Waals surface area contributed by atoms with Gasteiger partial charge in [-0.05, 0) is 25.2 Å². The highest BCUT2D eigenvalue weighted by molar-refractivity contribution is 5.69. The van der Waals surface area contributed by atoms with Gasteiger partial charge in [-0.15, -0.1) is 0 Å². The fourth-order valence-electron chi connectivity index (χ4n) is 2.77. The predicted octanol–water partition coefficient (Wildman–Crippen LogP) is -0.575. The molecule has 5 heteroatoms. The molecule has 21 heavy (non-hydrogen) atoms. The van der Waals surface area contributed by atoms with E-state index in [1.165, 1.54) is 7.11 Å². The van der Waals surface area contributed by atoms with Crippen LogP contribution in [0.25, 0.3) is 5.76 Å². The standard InChI is InChI=1S/C16H22N2O3/c1-4-17(5-2)9-10-18-13-8-6-7-12(11-19)14(13)15(21-3)16(18)20/h6-8,16,20H,4-5,9-10H2,1-3H3. The Morgan fingerprint density at radius 1 is 1.38 bits per heavy atom. The Hall–Kier alpha value is -1.81. The van der Waals surface area contributed by atoms with Gasteiger partial charge in [0.15, 0.2) is 12.0 Å². The molecule has 1 aromatic rings. The fraction of sp³-hybridized carbons (Fsp3) is 0.500. The number of nitrogens with zero attached hydrogens (tertiary/aromatic N) is 2. The molecule has 1 aliphatic rings. The second-order valence-electron chi connectivity index (χ2n) is 4.96. The minimum atomic E-state index is -0.852. The fourth-order valence-corrected chi connectivity index (χ4v) is 2.77. The van der Waals surface area contributed by atoms with Crippen LogP contribution in [0.5, 0.6) is 0 Å². The summed E-state index contributed by atoms with van der Waals surface area (Å²) in [6.45, 7) is 7.68. The van der Waals surface area contributed by atoms with E-state index in [0.29, 0.717) is 22.7 Å². The quantitative estimate of drug-likeness (QED) is 0.760. The lowest BCUT2D eigenvalue weighted by Crippen LogP contribution is -2.40. The largest absolute Gasteiger partial charge is 0.496 e. The molecular weight excluding hydrogens is 268 g/mol. The van der Waals surface area contributed by atoms with Gasteiger partial charge in [-0.25, -0.2) is 4.79 Å². The van der Waals surface area contributed by atoms with Crippen LogP contribution in [-0.4, -0.2) is 55.5 Å². The summed E-state index contributed by atoms with van der Waals surface area (Å²) in [5.74, 6) is 2.34. The minimum absolute atomic E-state index is 0.420. The summed E-state index contributed by atoms with van der Waals surface area (Å²) < 4.78 is 5.31. The van der Waals surface area contributed by atoms with E-state index in [2.05, 4.69) is 18.7 Å². The van der Waals surface area contributed by atoms with E-state index >= 15 is 0 Å². The number of ether oxygens (including phenoxy) is 1. The van der Waals surface area contributed by atoms with E-state index in [4.69, 9.17) is 4.74 Å². The number of aliphatic hydroxyl groups excluding tert-OH is 1. The monoisotopic (exact) mass is 290 g/mol. The molecule has 0 saturated carbocycles. The van der Waals surface area contributed by atoms with Crippen molar-refractivity contribution >= 4 is 17.4 Å². The van der Waals surface area contributed by atoms with E-state index in [1.54, 1.807) is 12.1 Å². The maximum absolute atomic E-state index is 11.1. The summed E-state index contributed by atoms with van der Waals surface area (Å²) in [5, 5.41) is 11.5. The van der Waals surface area contributed by atoms with Gasteiger partial charge >= 0.3 is 0 Å². The Morgan fingerprint density at radius 3 is 2.67 bits per heavy atom. The number of benzene rings is 1. The van der Waals surface area contributed by atoms with Crippen LogP contribution in [0.2, 0.25) is 0 Å². The molecule has 1 unspecified atom stereocenters. The van der Waals surface area contributed by atoms with Gasteiger partial charge in [0.05, 0.1) is 23.2 Å². The van der Waals surface area contributed by atoms with Gasteiger partial charge in [0.25, 0.3) is 0 Å².